The van der Waals surface area contributed by atoms with Gasteiger partial charge in [-0.3, -0.25) is 0 Å². The molecule has 0 saturated carbocycles. The second kappa shape index (κ2) is 3.93. The van der Waals surface area contributed by atoms with E-state index in [1.165, 1.54) is 12.0 Å². The van der Waals surface area contributed by atoms with Gasteiger partial charge in [-0.25, -0.2) is 4.39 Å². The van der Waals surface area contributed by atoms with Gasteiger partial charge < -0.3 is 5.32 Å². The van der Waals surface area contributed by atoms with Crippen molar-refractivity contribution in [2.75, 3.05) is 6.54 Å². The van der Waals surface area contributed by atoms with Gasteiger partial charge in [0.1, 0.15) is 5.82 Å². The van der Waals surface area contributed by atoms with E-state index >= 15 is 0 Å². The largest absolute Gasteiger partial charge is 0.311 e. The highest BCUT2D eigenvalue weighted by atomic mass is 19.1. The number of hydrogen-bond donors (Lipinski definition) is 1. The van der Waals surface area contributed by atoms with Gasteiger partial charge >= 0.3 is 0 Å². The summed E-state index contributed by atoms with van der Waals surface area (Å²) in [7, 11) is 0. The van der Waals surface area contributed by atoms with Crippen LogP contribution in [0.15, 0.2) is 24.3 Å². The van der Waals surface area contributed by atoms with Crippen LogP contribution in [0.25, 0.3) is 0 Å². The first-order valence-electron chi connectivity index (χ1n) is 5.62. The van der Waals surface area contributed by atoms with Gasteiger partial charge in [-0.1, -0.05) is 26.0 Å². The van der Waals surface area contributed by atoms with E-state index in [9.17, 15) is 4.39 Å². The van der Waals surface area contributed by atoms with Crippen LogP contribution in [0.1, 0.15) is 25.8 Å². The molecule has 1 nitrogen and oxygen atoms in total. The second-order valence-electron chi connectivity index (χ2n) is 4.79. The molecule has 82 valence electrons. The van der Waals surface area contributed by atoms with E-state index in [1.54, 1.807) is 12.1 Å². The number of nitrogens with one attached hydrogen (secondary N) is 1. The average Bonchev–Trinajstić information content (AvgIpc) is 2.13. The lowest BCUT2D eigenvalue weighted by Gasteiger charge is -2.47. The maximum absolute atomic E-state index is 12.8. The van der Waals surface area contributed by atoms with Crippen molar-refractivity contribution in [1.29, 1.82) is 0 Å². The highest BCUT2D eigenvalue weighted by Crippen LogP contribution is 2.31. The predicted molar refractivity (Wildman–Crippen MR) is 60.3 cm³/mol. The van der Waals surface area contributed by atoms with Crippen LogP contribution in [0.4, 0.5) is 4.39 Å². The molecular formula is C13H18FN. The Bertz CT molecular complexity index is 325. The summed E-state index contributed by atoms with van der Waals surface area (Å²) in [4.78, 5) is 0. The van der Waals surface area contributed by atoms with Crippen molar-refractivity contribution in [3.8, 4) is 0 Å². The van der Waals surface area contributed by atoms with E-state index in [1.807, 2.05) is 12.1 Å². The van der Waals surface area contributed by atoms with E-state index in [0.717, 1.165) is 13.0 Å². The molecule has 15 heavy (non-hydrogen) atoms. The first kappa shape index (κ1) is 10.6. The number of halogens is 1. The minimum atomic E-state index is -0.154. The van der Waals surface area contributed by atoms with E-state index in [2.05, 4.69) is 19.2 Å². The van der Waals surface area contributed by atoms with Crippen molar-refractivity contribution in [3.63, 3.8) is 0 Å². The molecule has 1 atom stereocenters. The molecule has 1 aliphatic rings. The summed E-state index contributed by atoms with van der Waals surface area (Å²) in [6, 6.07) is 6.86. The summed E-state index contributed by atoms with van der Waals surface area (Å²) in [5.74, 6) is 0.468. The number of benzene rings is 1. The second-order valence-corrected chi connectivity index (χ2v) is 4.79. The summed E-state index contributed by atoms with van der Waals surface area (Å²) in [5, 5.41) is 3.53. The Balaban J connectivity index is 2.10. The maximum Gasteiger partial charge on any atom is 0.123 e. The summed E-state index contributed by atoms with van der Waals surface area (Å²) in [6.45, 7) is 5.60. The van der Waals surface area contributed by atoms with Crippen molar-refractivity contribution in [1.82, 2.24) is 5.32 Å². The maximum atomic E-state index is 12.8. The van der Waals surface area contributed by atoms with Gasteiger partial charge in [0.05, 0.1) is 0 Å². The summed E-state index contributed by atoms with van der Waals surface area (Å²) in [5.41, 5.74) is 1.47. The van der Waals surface area contributed by atoms with Gasteiger partial charge in [-0.2, -0.15) is 0 Å². The SMILES string of the molecule is CC(C)C1(Cc2ccc(F)cc2)CCN1. The van der Waals surface area contributed by atoms with Crippen LogP contribution in [-0.4, -0.2) is 12.1 Å². The lowest BCUT2D eigenvalue weighted by Crippen LogP contribution is -2.61. The molecule has 1 aromatic rings. The molecule has 1 fully saturated rings. The molecule has 2 rings (SSSR count). The first-order valence-corrected chi connectivity index (χ1v) is 5.62. The van der Waals surface area contributed by atoms with Gasteiger partial charge in [0.15, 0.2) is 0 Å². The van der Waals surface area contributed by atoms with Crippen LogP contribution >= 0.6 is 0 Å². The Labute approximate surface area is 90.7 Å². The molecule has 1 aliphatic heterocycles. The average molecular weight is 207 g/mol. The number of rotatable bonds is 3. The highest BCUT2D eigenvalue weighted by Gasteiger charge is 2.39. The van der Waals surface area contributed by atoms with Crippen LogP contribution in [0.5, 0.6) is 0 Å². The Kier molecular flexibility index (Phi) is 2.79. The van der Waals surface area contributed by atoms with Crippen molar-refractivity contribution in [2.24, 2.45) is 5.92 Å². The molecule has 0 amide bonds. The summed E-state index contributed by atoms with van der Waals surface area (Å²) in [6.07, 6.45) is 2.23. The molecule has 0 spiro atoms. The molecular weight excluding hydrogens is 189 g/mol. The first-order chi connectivity index (χ1) is 7.12. The third-order valence-electron chi connectivity index (χ3n) is 3.59. The molecule has 0 aromatic heterocycles. The zero-order valence-corrected chi connectivity index (χ0v) is 9.39. The molecule has 2 heteroatoms. The standard InChI is InChI=1S/C13H18FN/c1-10(2)13(7-8-15-13)9-11-3-5-12(14)6-4-11/h3-6,10,15H,7-9H2,1-2H3. The molecule has 0 aliphatic carbocycles. The zero-order valence-electron chi connectivity index (χ0n) is 9.39. The van der Waals surface area contributed by atoms with Crippen LogP contribution in [-0.2, 0) is 6.42 Å². The van der Waals surface area contributed by atoms with Crippen molar-refractivity contribution in [2.45, 2.75) is 32.2 Å². The molecule has 1 unspecified atom stereocenters. The fraction of sp³-hybridized carbons (Fsp3) is 0.538. The minimum Gasteiger partial charge on any atom is -0.311 e. The van der Waals surface area contributed by atoms with Gasteiger partial charge in [0, 0.05) is 5.54 Å². The van der Waals surface area contributed by atoms with E-state index in [4.69, 9.17) is 0 Å². The third-order valence-corrected chi connectivity index (χ3v) is 3.59. The van der Waals surface area contributed by atoms with E-state index in [0.29, 0.717) is 5.92 Å². The molecule has 0 bridgehead atoms. The van der Waals surface area contributed by atoms with Gasteiger partial charge in [0.25, 0.3) is 0 Å². The Morgan fingerprint density at radius 3 is 2.33 bits per heavy atom. The monoisotopic (exact) mass is 207 g/mol. The fourth-order valence-electron chi connectivity index (χ4n) is 2.26. The normalized spacial score (nSPS) is 25.3. The lowest BCUT2D eigenvalue weighted by molar-refractivity contribution is 0.139. The topological polar surface area (TPSA) is 12.0 Å². The summed E-state index contributed by atoms with van der Waals surface area (Å²) < 4.78 is 12.8. The molecule has 1 saturated heterocycles. The number of hydrogen-bond acceptors (Lipinski definition) is 1. The van der Waals surface area contributed by atoms with Gasteiger partial charge in [0.2, 0.25) is 0 Å². The van der Waals surface area contributed by atoms with Crippen molar-refractivity contribution < 1.29 is 4.39 Å². The summed E-state index contributed by atoms with van der Waals surface area (Å²) >= 11 is 0. The van der Waals surface area contributed by atoms with E-state index < -0.39 is 0 Å². The molecule has 1 N–H and O–H groups in total. The van der Waals surface area contributed by atoms with E-state index in [-0.39, 0.29) is 11.4 Å². The molecule has 0 radical (unpaired) electrons. The van der Waals surface area contributed by atoms with Crippen LogP contribution in [0.3, 0.4) is 0 Å². The van der Waals surface area contributed by atoms with Gasteiger partial charge in [-0.05, 0) is 43.0 Å². The van der Waals surface area contributed by atoms with Crippen LogP contribution in [0, 0.1) is 11.7 Å². The predicted octanol–water partition coefficient (Wildman–Crippen LogP) is 2.76. The van der Waals surface area contributed by atoms with Crippen LogP contribution < -0.4 is 5.32 Å². The third kappa shape index (κ3) is 2.05. The van der Waals surface area contributed by atoms with Crippen LogP contribution in [0.2, 0.25) is 0 Å². The Hall–Kier alpha value is -0.890. The Morgan fingerprint density at radius 2 is 1.93 bits per heavy atom. The quantitative estimate of drug-likeness (QED) is 0.803. The smallest absolute Gasteiger partial charge is 0.123 e. The minimum absolute atomic E-state index is 0.154. The lowest BCUT2D eigenvalue weighted by atomic mass is 9.73. The highest BCUT2D eigenvalue weighted by molar-refractivity contribution is 5.20. The fourth-order valence-corrected chi connectivity index (χ4v) is 2.26. The molecule has 1 aromatic carbocycles. The van der Waals surface area contributed by atoms with Crippen molar-refractivity contribution in [3.05, 3.63) is 35.6 Å². The Morgan fingerprint density at radius 1 is 1.33 bits per heavy atom. The van der Waals surface area contributed by atoms with Crippen molar-refractivity contribution >= 4 is 0 Å². The zero-order chi connectivity index (χ0) is 10.9. The molecule has 1 heterocycles. The van der Waals surface area contributed by atoms with Gasteiger partial charge in [-0.15, -0.1) is 0 Å².